The molecular formula is C10H9F6N. The second kappa shape index (κ2) is 4.21. The summed E-state index contributed by atoms with van der Waals surface area (Å²) >= 11 is 0. The summed E-state index contributed by atoms with van der Waals surface area (Å²) < 4.78 is 75.3. The number of rotatable bonds is 2. The third kappa shape index (κ3) is 2.71. The van der Waals surface area contributed by atoms with Crippen molar-refractivity contribution in [2.45, 2.75) is 25.1 Å². The monoisotopic (exact) mass is 257 g/mol. The third-order valence-electron chi connectivity index (χ3n) is 2.33. The largest absolute Gasteiger partial charge is 0.416 e. The first-order valence-electron chi connectivity index (χ1n) is 4.51. The maximum Gasteiger partial charge on any atom is 0.416 e. The van der Waals surface area contributed by atoms with Gasteiger partial charge in [0.15, 0.2) is 0 Å². The van der Waals surface area contributed by atoms with Crippen molar-refractivity contribution in [3.63, 3.8) is 0 Å². The highest BCUT2D eigenvalue weighted by atomic mass is 19.4. The molecule has 0 saturated heterocycles. The molecule has 2 N–H and O–H groups in total. The van der Waals surface area contributed by atoms with E-state index in [1.165, 1.54) is 0 Å². The minimum absolute atomic E-state index is 0.307. The molecule has 1 rings (SSSR count). The molecule has 0 aliphatic rings. The molecule has 0 fully saturated rings. The number of nitrogens with two attached hydrogens (primary N) is 1. The Morgan fingerprint density at radius 1 is 1.18 bits per heavy atom. The molecule has 1 aromatic carbocycles. The molecule has 0 saturated carbocycles. The van der Waals surface area contributed by atoms with Crippen LogP contribution >= 0.6 is 0 Å². The Kier molecular flexibility index (Phi) is 3.42. The fraction of sp³-hybridized carbons (Fsp3) is 0.400. The van der Waals surface area contributed by atoms with Gasteiger partial charge >= 0.3 is 6.18 Å². The van der Waals surface area contributed by atoms with Gasteiger partial charge in [0.05, 0.1) is 5.56 Å². The van der Waals surface area contributed by atoms with E-state index in [2.05, 4.69) is 0 Å². The van der Waals surface area contributed by atoms with E-state index in [-0.39, 0.29) is 0 Å². The van der Waals surface area contributed by atoms with Crippen LogP contribution in [0, 0.1) is 5.82 Å². The summed E-state index contributed by atoms with van der Waals surface area (Å²) in [7, 11) is 0. The first kappa shape index (κ1) is 13.8. The van der Waals surface area contributed by atoms with Crippen LogP contribution < -0.4 is 5.73 Å². The predicted octanol–water partition coefficient (Wildman–Crippen LogP) is 3.28. The Hall–Kier alpha value is -1.24. The first-order chi connectivity index (χ1) is 7.56. The standard InChI is InChI=1S/C10H9F6N/c1-9(17,8(12)13)6-4-5(10(14,15)16)2-3-7(6)11/h2-4,8H,17H2,1H3. The van der Waals surface area contributed by atoms with Gasteiger partial charge in [-0.2, -0.15) is 13.2 Å². The number of alkyl halides is 5. The number of benzene rings is 1. The summed E-state index contributed by atoms with van der Waals surface area (Å²) in [6.07, 6.45) is -7.92. The molecule has 0 amide bonds. The van der Waals surface area contributed by atoms with Crippen molar-refractivity contribution in [2.24, 2.45) is 5.73 Å². The van der Waals surface area contributed by atoms with Crippen LogP contribution in [0.1, 0.15) is 18.1 Å². The lowest BCUT2D eigenvalue weighted by Crippen LogP contribution is -2.41. The van der Waals surface area contributed by atoms with Gasteiger partial charge in [0.25, 0.3) is 6.43 Å². The van der Waals surface area contributed by atoms with E-state index in [4.69, 9.17) is 5.73 Å². The Labute approximate surface area is 93.2 Å². The SMILES string of the molecule is CC(N)(c1cc(C(F)(F)F)ccc1F)C(F)F. The highest BCUT2D eigenvalue weighted by molar-refractivity contribution is 5.32. The van der Waals surface area contributed by atoms with Gasteiger partial charge < -0.3 is 5.73 Å². The smallest absolute Gasteiger partial charge is 0.317 e. The van der Waals surface area contributed by atoms with Crippen LogP contribution in [-0.2, 0) is 11.7 Å². The van der Waals surface area contributed by atoms with Crippen LogP contribution in [0.5, 0.6) is 0 Å². The summed E-state index contributed by atoms with van der Waals surface area (Å²) in [5.41, 5.74) is 0.594. The molecule has 0 heterocycles. The normalized spacial score (nSPS) is 16.1. The average molecular weight is 257 g/mol. The zero-order valence-corrected chi connectivity index (χ0v) is 8.65. The zero-order chi connectivity index (χ0) is 13.4. The van der Waals surface area contributed by atoms with Crippen LogP contribution in [-0.4, -0.2) is 6.43 Å². The molecule has 0 aliphatic carbocycles. The lowest BCUT2D eigenvalue weighted by molar-refractivity contribution is -0.137. The molecule has 17 heavy (non-hydrogen) atoms. The van der Waals surface area contributed by atoms with Crippen LogP contribution in [0.15, 0.2) is 18.2 Å². The molecule has 0 spiro atoms. The Balaban J connectivity index is 3.34. The fourth-order valence-corrected chi connectivity index (χ4v) is 1.23. The average Bonchev–Trinajstić information content (AvgIpc) is 2.15. The molecule has 1 nitrogen and oxygen atoms in total. The predicted molar refractivity (Wildman–Crippen MR) is 48.9 cm³/mol. The summed E-state index contributed by atoms with van der Waals surface area (Å²) in [6.45, 7) is 0.774. The lowest BCUT2D eigenvalue weighted by atomic mass is 9.91. The summed E-state index contributed by atoms with van der Waals surface area (Å²) in [4.78, 5) is 0. The molecule has 96 valence electrons. The van der Waals surface area contributed by atoms with Crippen LogP contribution in [0.2, 0.25) is 0 Å². The summed E-state index contributed by atoms with van der Waals surface area (Å²) in [5, 5.41) is 0. The lowest BCUT2D eigenvalue weighted by Gasteiger charge is -2.25. The van der Waals surface area contributed by atoms with Crippen LogP contribution in [0.3, 0.4) is 0 Å². The fourth-order valence-electron chi connectivity index (χ4n) is 1.23. The number of hydrogen-bond donors (Lipinski definition) is 1. The zero-order valence-electron chi connectivity index (χ0n) is 8.65. The van der Waals surface area contributed by atoms with Crippen LogP contribution in [0.4, 0.5) is 26.3 Å². The van der Waals surface area contributed by atoms with Gasteiger partial charge in [-0.1, -0.05) is 0 Å². The van der Waals surface area contributed by atoms with E-state index < -0.39 is 35.1 Å². The molecule has 0 aliphatic heterocycles. The van der Waals surface area contributed by atoms with Crippen LogP contribution in [0.25, 0.3) is 0 Å². The molecule has 7 heteroatoms. The second-order valence-electron chi connectivity index (χ2n) is 3.78. The van der Waals surface area contributed by atoms with E-state index in [0.717, 1.165) is 6.92 Å². The molecule has 0 aromatic heterocycles. The molecule has 1 unspecified atom stereocenters. The molecule has 0 radical (unpaired) electrons. The van der Waals surface area contributed by atoms with Gasteiger partial charge in [-0.05, 0) is 25.1 Å². The number of hydrogen-bond acceptors (Lipinski definition) is 1. The minimum atomic E-state index is -4.74. The summed E-state index contributed by atoms with van der Waals surface area (Å²) in [6, 6.07) is 1.26. The van der Waals surface area contributed by atoms with E-state index >= 15 is 0 Å². The summed E-state index contributed by atoms with van der Waals surface area (Å²) in [5.74, 6) is -1.19. The van der Waals surface area contributed by atoms with Gasteiger partial charge in [0.1, 0.15) is 11.4 Å². The molecule has 1 aromatic rings. The first-order valence-corrected chi connectivity index (χ1v) is 4.51. The van der Waals surface area contributed by atoms with Gasteiger partial charge in [-0.3, -0.25) is 0 Å². The molecular weight excluding hydrogens is 248 g/mol. The maximum atomic E-state index is 13.2. The van der Waals surface area contributed by atoms with E-state index in [1.807, 2.05) is 0 Å². The van der Waals surface area contributed by atoms with Crippen molar-refractivity contribution in [2.75, 3.05) is 0 Å². The Morgan fingerprint density at radius 2 is 1.71 bits per heavy atom. The van der Waals surface area contributed by atoms with E-state index in [9.17, 15) is 26.3 Å². The highest BCUT2D eigenvalue weighted by Crippen LogP contribution is 2.34. The van der Waals surface area contributed by atoms with Gasteiger partial charge in [0.2, 0.25) is 0 Å². The van der Waals surface area contributed by atoms with Gasteiger partial charge in [-0.15, -0.1) is 0 Å². The van der Waals surface area contributed by atoms with Crippen molar-refractivity contribution < 1.29 is 26.3 Å². The van der Waals surface area contributed by atoms with Gasteiger partial charge in [-0.25, -0.2) is 13.2 Å². The maximum absolute atomic E-state index is 13.2. The Morgan fingerprint density at radius 3 is 2.12 bits per heavy atom. The quantitative estimate of drug-likeness (QED) is 0.808. The minimum Gasteiger partial charge on any atom is -0.317 e. The van der Waals surface area contributed by atoms with E-state index in [1.54, 1.807) is 0 Å². The van der Waals surface area contributed by atoms with Crippen molar-refractivity contribution >= 4 is 0 Å². The third-order valence-corrected chi connectivity index (χ3v) is 2.33. The number of halogens is 6. The molecule has 1 atom stereocenters. The van der Waals surface area contributed by atoms with Crippen molar-refractivity contribution in [3.8, 4) is 0 Å². The van der Waals surface area contributed by atoms with E-state index in [0.29, 0.717) is 18.2 Å². The second-order valence-corrected chi connectivity index (χ2v) is 3.78. The van der Waals surface area contributed by atoms with Crippen molar-refractivity contribution in [1.82, 2.24) is 0 Å². The molecule has 0 bridgehead atoms. The van der Waals surface area contributed by atoms with Crippen molar-refractivity contribution in [3.05, 3.63) is 35.1 Å². The topological polar surface area (TPSA) is 26.0 Å². The van der Waals surface area contributed by atoms with Gasteiger partial charge in [0, 0.05) is 5.56 Å². The highest BCUT2D eigenvalue weighted by Gasteiger charge is 2.38. The Bertz CT molecular complexity index is 410. The van der Waals surface area contributed by atoms with Crippen molar-refractivity contribution in [1.29, 1.82) is 0 Å².